The highest BCUT2D eigenvalue weighted by atomic mass is 16.5. The van der Waals surface area contributed by atoms with Crippen LogP contribution in [-0.2, 0) is 6.54 Å². The molecule has 7 heteroatoms. The predicted molar refractivity (Wildman–Crippen MR) is 103 cm³/mol. The Morgan fingerprint density at radius 1 is 1.04 bits per heavy atom. The maximum absolute atomic E-state index is 5.41. The summed E-state index contributed by atoms with van der Waals surface area (Å²) in [5.74, 6) is 1.31. The molecule has 0 atom stereocenters. The average Bonchev–Trinajstić information content (AvgIpc) is 3.23. The highest BCUT2D eigenvalue weighted by molar-refractivity contribution is 5.59. The van der Waals surface area contributed by atoms with Crippen molar-refractivity contribution in [2.75, 3.05) is 12.4 Å². The smallest absolute Gasteiger partial charge is 0.223 e. The van der Waals surface area contributed by atoms with E-state index >= 15 is 0 Å². The van der Waals surface area contributed by atoms with Gasteiger partial charge in [-0.2, -0.15) is 5.10 Å². The Morgan fingerprint density at radius 2 is 1.96 bits per heavy atom. The standard InChI is InChI=1S/C20H18N6O/c1-27-19-7-3-2-6-18(19)26-14-16(13-24-26)17-8-10-22-20(25-17)23-12-15-5-4-9-21-11-15/h2-11,13-14H,12H2,1H3,(H,22,23,25). The van der Waals surface area contributed by atoms with Gasteiger partial charge in [0.1, 0.15) is 11.4 Å². The van der Waals surface area contributed by atoms with Gasteiger partial charge in [-0.15, -0.1) is 0 Å². The van der Waals surface area contributed by atoms with Crippen molar-refractivity contribution >= 4 is 5.95 Å². The fraction of sp³-hybridized carbons (Fsp3) is 0.100. The van der Waals surface area contributed by atoms with E-state index in [1.165, 1.54) is 0 Å². The molecule has 0 aliphatic rings. The van der Waals surface area contributed by atoms with Crippen LogP contribution >= 0.6 is 0 Å². The van der Waals surface area contributed by atoms with Crippen LogP contribution in [0, 0.1) is 0 Å². The fourth-order valence-corrected chi connectivity index (χ4v) is 2.69. The van der Waals surface area contributed by atoms with E-state index in [0.29, 0.717) is 12.5 Å². The lowest BCUT2D eigenvalue weighted by molar-refractivity contribution is 0.411. The third-order valence-electron chi connectivity index (χ3n) is 4.04. The van der Waals surface area contributed by atoms with Crippen LogP contribution in [0.25, 0.3) is 16.9 Å². The van der Waals surface area contributed by atoms with E-state index in [4.69, 9.17) is 4.74 Å². The Hall–Kier alpha value is -3.74. The van der Waals surface area contributed by atoms with Gasteiger partial charge in [0, 0.05) is 36.9 Å². The molecule has 1 aromatic carbocycles. The molecule has 0 saturated carbocycles. The molecule has 3 aromatic heterocycles. The largest absolute Gasteiger partial charge is 0.494 e. The number of hydrogen-bond acceptors (Lipinski definition) is 6. The lowest BCUT2D eigenvalue weighted by atomic mass is 10.2. The van der Waals surface area contributed by atoms with Crippen molar-refractivity contribution in [3.8, 4) is 22.7 Å². The van der Waals surface area contributed by atoms with Crippen LogP contribution in [-0.4, -0.2) is 31.8 Å². The van der Waals surface area contributed by atoms with Gasteiger partial charge in [0.25, 0.3) is 0 Å². The normalized spacial score (nSPS) is 10.6. The number of para-hydroxylation sites is 2. The van der Waals surface area contributed by atoms with E-state index in [9.17, 15) is 0 Å². The Balaban J connectivity index is 1.55. The van der Waals surface area contributed by atoms with Crippen molar-refractivity contribution in [2.24, 2.45) is 0 Å². The van der Waals surface area contributed by atoms with Gasteiger partial charge < -0.3 is 10.1 Å². The first-order valence-electron chi connectivity index (χ1n) is 8.48. The van der Waals surface area contributed by atoms with Crippen molar-refractivity contribution in [1.82, 2.24) is 24.7 Å². The molecule has 0 radical (unpaired) electrons. The topological polar surface area (TPSA) is 77.8 Å². The molecule has 0 fully saturated rings. The predicted octanol–water partition coefficient (Wildman–Crippen LogP) is 3.35. The van der Waals surface area contributed by atoms with Crippen LogP contribution in [0.2, 0.25) is 0 Å². The number of hydrogen-bond donors (Lipinski definition) is 1. The van der Waals surface area contributed by atoms with Crippen LogP contribution in [0.1, 0.15) is 5.56 Å². The number of aromatic nitrogens is 5. The number of ether oxygens (including phenoxy) is 1. The van der Waals surface area contributed by atoms with Crippen LogP contribution in [0.3, 0.4) is 0 Å². The summed E-state index contributed by atoms with van der Waals surface area (Å²) in [4.78, 5) is 13.0. The number of nitrogens with zero attached hydrogens (tertiary/aromatic N) is 5. The van der Waals surface area contributed by atoms with E-state index in [1.807, 2.05) is 54.9 Å². The zero-order valence-electron chi connectivity index (χ0n) is 14.8. The Kier molecular flexibility index (Phi) is 4.74. The first kappa shape index (κ1) is 16.7. The van der Waals surface area contributed by atoms with Gasteiger partial charge >= 0.3 is 0 Å². The molecule has 0 aliphatic carbocycles. The third-order valence-corrected chi connectivity index (χ3v) is 4.04. The molecule has 0 saturated heterocycles. The summed E-state index contributed by atoms with van der Waals surface area (Å²) in [7, 11) is 1.65. The second-order valence-corrected chi connectivity index (χ2v) is 5.83. The molecule has 3 heterocycles. The summed E-state index contributed by atoms with van der Waals surface area (Å²) >= 11 is 0. The van der Waals surface area contributed by atoms with Crippen LogP contribution in [0.5, 0.6) is 5.75 Å². The lowest BCUT2D eigenvalue weighted by Gasteiger charge is -2.07. The third kappa shape index (κ3) is 3.77. The van der Waals surface area contributed by atoms with Crippen LogP contribution < -0.4 is 10.1 Å². The number of nitrogens with one attached hydrogen (secondary N) is 1. The first-order valence-corrected chi connectivity index (χ1v) is 8.48. The van der Waals surface area contributed by atoms with E-state index in [2.05, 4.69) is 25.4 Å². The van der Waals surface area contributed by atoms with Crippen molar-refractivity contribution in [3.63, 3.8) is 0 Å². The fourth-order valence-electron chi connectivity index (χ4n) is 2.69. The summed E-state index contributed by atoms with van der Waals surface area (Å²) in [6.07, 6.45) is 8.99. The minimum atomic E-state index is 0.557. The number of pyridine rings is 1. The lowest BCUT2D eigenvalue weighted by Crippen LogP contribution is -2.04. The SMILES string of the molecule is COc1ccccc1-n1cc(-c2ccnc(NCc3cccnc3)n2)cn1. The maximum atomic E-state index is 5.41. The monoisotopic (exact) mass is 358 g/mol. The first-order chi connectivity index (χ1) is 13.3. The van der Waals surface area contributed by atoms with E-state index in [1.54, 1.807) is 30.4 Å². The number of benzene rings is 1. The molecule has 0 spiro atoms. The highest BCUT2D eigenvalue weighted by Gasteiger charge is 2.09. The van der Waals surface area contributed by atoms with Gasteiger partial charge in [-0.1, -0.05) is 18.2 Å². The minimum absolute atomic E-state index is 0.557. The van der Waals surface area contributed by atoms with Crippen molar-refractivity contribution in [1.29, 1.82) is 0 Å². The molecular weight excluding hydrogens is 340 g/mol. The number of rotatable bonds is 6. The molecule has 4 aromatic rings. The zero-order valence-corrected chi connectivity index (χ0v) is 14.8. The van der Waals surface area contributed by atoms with Gasteiger partial charge in [-0.3, -0.25) is 4.98 Å². The van der Waals surface area contributed by atoms with E-state index in [0.717, 1.165) is 28.3 Å². The van der Waals surface area contributed by atoms with Crippen LogP contribution in [0.4, 0.5) is 5.95 Å². The molecule has 1 N–H and O–H groups in total. The average molecular weight is 358 g/mol. The molecule has 4 rings (SSSR count). The van der Waals surface area contributed by atoms with E-state index in [-0.39, 0.29) is 0 Å². The summed E-state index contributed by atoms with van der Waals surface area (Å²) in [5, 5.41) is 7.66. The van der Waals surface area contributed by atoms with Gasteiger partial charge in [0.15, 0.2) is 0 Å². The van der Waals surface area contributed by atoms with Gasteiger partial charge in [-0.25, -0.2) is 14.6 Å². The van der Waals surface area contributed by atoms with Gasteiger partial charge in [0.05, 0.1) is 19.0 Å². The molecule has 0 aliphatic heterocycles. The zero-order chi connectivity index (χ0) is 18.5. The number of anilines is 1. The van der Waals surface area contributed by atoms with Crippen molar-refractivity contribution in [3.05, 3.63) is 79.0 Å². The molecule has 27 heavy (non-hydrogen) atoms. The van der Waals surface area contributed by atoms with Crippen LogP contribution in [0.15, 0.2) is 73.4 Å². The Labute approximate surface area is 156 Å². The quantitative estimate of drug-likeness (QED) is 0.569. The highest BCUT2D eigenvalue weighted by Crippen LogP contribution is 2.24. The molecule has 0 unspecified atom stereocenters. The molecule has 0 bridgehead atoms. The summed E-state index contributed by atoms with van der Waals surface area (Å²) < 4.78 is 7.18. The van der Waals surface area contributed by atoms with Gasteiger partial charge in [0.2, 0.25) is 5.95 Å². The number of methoxy groups -OCH3 is 1. The van der Waals surface area contributed by atoms with Gasteiger partial charge in [-0.05, 0) is 29.8 Å². The molecular formula is C20H18N6O. The molecule has 0 amide bonds. The summed E-state index contributed by atoms with van der Waals surface area (Å²) in [6, 6.07) is 13.5. The maximum Gasteiger partial charge on any atom is 0.223 e. The second-order valence-electron chi connectivity index (χ2n) is 5.83. The minimum Gasteiger partial charge on any atom is -0.494 e. The second kappa shape index (κ2) is 7.65. The molecule has 134 valence electrons. The summed E-state index contributed by atoms with van der Waals surface area (Å²) in [6.45, 7) is 0.609. The van der Waals surface area contributed by atoms with E-state index < -0.39 is 0 Å². The van der Waals surface area contributed by atoms with Crippen molar-refractivity contribution in [2.45, 2.75) is 6.54 Å². The Bertz CT molecular complexity index is 1030. The van der Waals surface area contributed by atoms with Crippen molar-refractivity contribution < 1.29 is 4.74 Å². The Morgan fingerprint density at radius 3 is 2.81 bits per heavy atom. The summed E-state index contributed by atoms with van der Waals surface area (Å²) in [5.41, 5.74) is 3.62. The molecule has 7 nitrogen and oxygen atoms in total.